The van der Waals surface area contributed by atoms with E-state index in [2.05, 4.69) is 11.0 Å². The Labute approximate surface area is 114 Å². The predicted molar refractivity (Wildman–Crippen MR) is 73.3 cm³/mol. The number of carboxylic acid groups (broad SMARTS) is 1. The van der Waals surface area contributed by atoms with Crippen LogP contribution in [0.1, 0.15) is 24.5 Å². The molecule has 1 saturated heterocycles. The van der Waals surface area contributed by atoms with E-state index in [-0.39, 0.29) is 12.0 Å². The van der Waals surface area contributed by atoms with Gasteiger partial charge in [-0.25, -0.2) is 0 Å². The van der Waals surface area contributed by atoms with E-state index >= 15 is 0 Å². The molecule has 1 heterocycles. The Balaban J connectivity index is 2.06. The van der Waals surface area contributed by atoms with Crippen LogP contribution in [0.25, 0.3) is 0 Å². The van der Waals surface area contributed by atoms with E-state index in [0.717, 1.165) is 30.8 Å². The minimum atomic E-state index is -0.680. The SMILES string of the molecule is COc1ccc(CN2CCC(C(=O)O)C2C)cc1C. The van der Waals surface area contributed by atoms with E-state index in [4.69, 9.17) is 9.84 Å². The summed E-state index contributed by atoms with van der Waals surface area (Å²) in [5.74, 6) is -0.0260. The van der Waals surface area contributed by atoms with Crippen molar-refractivity contribution in [3.63, 3.8) is 0 Å². The van der Waals surface area contributed by atoms with Crippen molar-refractivity contribution in [2.75, 3.05) is 13.7 Å². The van der Waals surface area contributed by atoms with Gasteiger partial charge in [-0.3, -0.25) is 9.69 Å². The van der Waals surface area contributed by atoms with E-state index in [1.807, 2.05) is 26.0 Å². The number of nitrogens with zero attached hydrogens (tertiary/aromatic N) is 1. The molecule has 4 nitrogen and oxygen atoms in total. The molecule has 2 unspecified atom stereocenters. The zero-order valence-corrected chi connectivity index (χ0v) is 11.7. The van der Waals surface area contributed by atoms with Crippen molar-refractivity contribution in [1.82, 2.24) is 4.90 Å². The molecule has 0 aromatic heterocycles. The number of rotatable bonds is 4. The topological polar surface area (TPSA) is 49.8 Å². The molecule has 1 aromatic carbocycles. The van der Waals surface area contributed by atoms with Crippen LogP contribution in [0.4, 0.5) is 0 Å². The van der Waals surface area contributed by atoms with Crippen molar-refractivity contribution in [3.8, 4) is 5.75 Å². The number of aryl methyl sites for hydroxylation is 1. The van der Waals surface area contributed by atoms with Gasteiger partial charge in [-0.1, -0.05) is 12.1 Å². The zero-order chi connectivity index (χ0) is 14.0. The summed E-state index contributed by atoms with van der Waals surface area (Å²) >= 11 is 0. The second-order valence-corrected chi connectivity index (χ2v) is 5.25. The minimum Gasteiger partial charge on any atom is -0.496 e. The highest BCUT2D eigenvalue weighted by Gasteiger charge is 2.35. The highest BCUT2D eigenvalue weighted by molar-refractivity contribution is 5.71. The molecular formula is C15H21NO3. The average molecular weight is 263 g/mol. The third-order valence-corrected chi connectivity index (χ3v) is 4.05. The second-order valence-electron chi connectivity index (χ2n) is 5.25. The summed E-state index contributed by atoms with van der Waals surface area (Å²) in [4.78, 5) is 13.3. The van der Waals surface area contributed by atoms with Gasteiger partial charge in [0.2, 0.25) is 0 Å². The van der Waals surface area contributed by atoms with Crippen LogP contribution in [-0.2, 0) is 11.3 Å². The maximum atomic E-state index is 11.1. The van der Waals surface area contributed by atoms with E-state index in [0.29, 0.717) is 0 Å². The first-order chi connectivity index (χ1) is 9.02. The summed E-state index contributed by atoms with van der Waals surface area (Å²) in [6, 6.07) is 6.23. The third-order valence-electron chi connectivity index (χ3n) is 4.05. The molecule has 0 amide bonds. The van der Waals surface area contributed by atoms with Gasteiger partial charge in [0, 0.05) is 12.6 Å². The Kier molecular flexibility index (Phi) is 4.10. The van der Waals surface area contributed by atoms with E-state index in [1.54, 1.807) is 7.11 Å². The van der Waals surface area contributed by atoms with E-state index in [1.165, 1.54) is 5.56 Å². The molecule has 0 saturated carbocycles. The fraction of sp³-hybridized carbons (Fsp3) is 0.533. The Morgan fingerprint density at radius 3 is 2.79 bits per heavy atom. The lowest BCUT2D eigenvalue weighted by Crippen LogP contribution is -2.32. The Bertz CT molecular complexity index is 472. The summed E-state index contributed by atoms with van der Waals surface area (Å²) in [6.45, 7) is 5.68. The molecule has 2 atom stereocenters. The molecule has 0 bridgehead atoms. The van der Waals surface area contributed by atoms with Crippen LogP contribution in [0.3, 0.4) is 0 Å². The maximum Gasteiger partial charge on any atom is 0.308 e. The van der Waals surface area contributed by atoms with E-state index in [9.17, 15) is 4.79 Å². The first-order valence-corrected chi connectivity index (χ1v) is 6.63. The summed E-state index contributed by atoms with van der Waals surface area (Å²) < 4.78 is 5.25. The lowest BCUT2D eigenvalue weighted by molar-refractivity contribution is -0.142. The van der Waals surface area contributed by atoms with Crippen LogP contribution in [0, 0.1) is 12.8 Å². The number of hydrogen-bond donors (Lipinski definition) is 1. The number of likely N-dealkylation sites (tertiary alicyclic amines) is 1. The van der Waals surface area contributed by atoms with Crippen LogP contribution in [0.15, 0.2) is 18.2 Å². The standard InChI is InChI=1S/C15H21NO3/c1-10-8-12(4-5-14(10)19-3)9-16-7-6-13(11(16)2)15(17)18/h4-5,8,11,13H,6-7,9H2,1-3H3,(H,17,18). The summed E-state index contributed by atoms with van der Waals surface area (Å²) in [7, 11) is 1.67. The fourth-order valence-electron chi connectivity index (χ4n) is 2.83. The number of ether oxygens (including phenoxy) is 1. The Morgan fingerprint density at radius 1 is 1.53 bits per heavy atom. The minimum absolute atomic E-state index is 0.0971. The molecule has 1 aliphatic rings. The highest BCUT2D eigenvalue weighted by Crippen LogP contribution is 2.27. The first kappa shape index (κ1) is 13.9. The smallest absolute Gasteiger partial charge is 0.308 e. The Hall–Kier alpha value is -1.55. The van der Waals surface area contributed by atoms with E-state index < -0.39 is 5.97 Å². The molecule has 19 heavy (non-hydrogen) atoms. The zero-order valence-electron chi connectivity index (χ0n) is 11.7. The molecule has 2 rings (SSSR count). The monoisotopic (exact) mass is 263 g/mol. The van der Waals surface area contributed by atoms with Crippen LogP contribution in [-0.4, -0.2) is 35.7 Å². The molecule has 0 radical (unpaired) electrons. The number of carboxylic acids is 1. The van der Waals surface area contributed by atoms with Crippen molar-refractivity contribution < 1.29 is 14.6 Å². The molecule has 1 aromatic rings. The third kappa shape index (κ3) is 2.89. The Morgan fingerprint density at radius 2 is 2.26 bits per heavy atom. The number of hydrogen-bond acceptors (Lipinski definition) is 3. The van der Waals surface area contributed by atoms with Gasteiger partial charge in [0.15, 0.2) is 0 Å². The molecule has 4 heteroatoms. The number of benzene rings is 1. The van der Waals surface area contributed by atoms with Gasteiger partial charge in [0.1, 0.15) is 5.75 Å². The van der Waals surface area contributed by atoms with Crippen LogP contribution >= 0.6 is 0 Å². The summed E-state index contributed by atoms with van der Waals surface area (Å²) in [6.07, 6.45) is 0.742. The molecule has 0 spiro atoms. The number of aliphatic carboxylic acids is 1. The van der Waals surface area contributed by atoms with Gasteiger partial charge in [0.25, 0.3) is 0 Å². The lowest BCUT2D eigenvalue weighted by atomic mass is 10.0. The molecular weight excluding hydrogens is 242 g/mol. The molecule has 1 fully saturated rings. The van der Waals surface area contributed by atoms with Gasteiger partial charge in [-0.15, -0.1) is 0 Å². The maximum absolute atomic E-state index is 11.1. The van der Waals surface area contributed by atoms with Gasteiger partial charge >= 0.3 is 5.97 Å². The molecule has 0 aliphatic carbocycles. The summed E-state index contributed by atoms with van der Waals surface area (Å²) in [5.41, 5.74) is 2.32. The van der Waals surface area contributed by atoms with Crippen LogP contribution in [0.5, 0.6) is 5.75 Å². The normalized spacial score (nSPS) is 23.5. The predicted octanol–water partition coefficient (Wildman–Crippen LogP) is 2.30. The van der Waals surface area contributed by atoms with Crippen molar-refractivity contribution >= 4 is 5.97 Å². The van der Waals surface area contributed by atoms with Crippen LogP contribution in [0.2, 0.25) is 0 Å². The van der Waals surface area contributed by atoms with Gasteiger partial charge in [-0.2, -0.15) is 0 Å². The highest BCUT2D eigenvalue weighted by atomic mass is 16.5. The fourth-order valence-corrected chi connectivity index (χ4v) is 2.83. The van der Waals surface area contributed by atoms with Gasteiger partial charge in [-0.05, 0) is 44.0 Å². The van der Waals surface area contributed by atoms with Crippen molar-refractivity contribution in [2.24, 2.45) is 5.92 Å². The molecule has 1 N–H and O–H groups in total. The van der Waals surface area contributed by atoms with Crippen LogP contribution < -0.4 is 4.74 Å². The largest absolute Gasteiger partial charge is 0.496 e. The van der Waals surface area contributed by atoms with Crippen molar-refractivity contribution in [2.45, 2.75) is 32.9 Å². The van der Waals surface area contributed by atoms with Gasteiger partial charge < -0.3 is 9.84 Å². The van der Waals surface area contributed by atoms with Gasteiger partial charge in [0.05, 0.1) is 13.0 Å². The number of methoxy groups -OCH3 is 1. The quantitative estimate of drug-likeness (QED) is 0.905. The first-order valence-electron chi connectivity index (χ1n) is 6.63. The molecule has 104 valence electrons. The lowest BCUT2D eigenvalue weighted by Gasteiger charge is -2.23. The second kappa shape index (κ2) is 5.61. The average Bonchev–Trinajstić information content (AvgIpc) is 2.71. The number of carbonyl (C=O) groups is 1. The van der Waals surface area contributed by atoms with Crippen molar-refractivity contribution in [3.05, 3.63) is 29.3 Å². The molecule has 1 aliphatic heterocycles. The summed E-state index contributed by atoms with van der Waals surface area (Å²) in [5, 5.41) is 9.14. The van der Waals surface area contributed by atoms with Crippen molar-refractivity contribution in [1.29, 1.82) is 0 Å².